The molecule has 0 bridgehead atoms. The van der Waals surface area contributed by atoms with Crippen molar-refractivity contribution in [2.75, 3.05) is 13.1 Å². The van der Waals surface area contributed by atoms with E-state index < -0.39 is 35.8 Å². The van der Waals surface area contributed by atoms with Crippen molar-refractivity contribution in [3.8, 4) is 0 Å². The van der Waals surface area contributed by atoms with Crippen LogP contribution in [0.1, 0.15) is 11.1 Å². The van der Waals surface area contributed by atoms with E-state index in [2.05, 4.69) is 50.6 Å². The van der Waals surface area contributed by atoms with Crippen LogP contribution in [0.25, 0.3) is 0 Å². The van der Waals surface area contributed by atoms with Gasteiger partial charge in [-0.25, -0.2) is 0 Å². The molecule has 0 unspecified atom stereocenters. The fraction of sp³-hybridized carbons (Fsp3) is 0.211. The molecule has 0 amide bonds. The summed E-state index contributed by atoms with van der Waals surface area (Å²) in [6.45, 7) is -2.77. The van der Waals surface area contributed by atoms with Gasteiger partial charge >= 0.3 is 12.4 Å². The molecule has 0 aliphatic carbocycles. The highest BCUT2D eigenvalue weighted by atomic mass is 32.1. The van der Waals surface area contributed by atoms with Gasteiger partial charge in [0, 0.05) is 23.5 Å². The Balaban J connectivity index is 2.52. The number of alkyl halides is 6. The zero-order valence-corrected chi connectivity index (χ0v) is 18.8. The molecule has 0 saturated carbocycles. The standard InChI is InChI=1S/C19H17F6N7S2/c20-18(21,22)10-27-16(33)31-29-14(12-5-2-1-3-6-12)15(13-7-4-8-26-9-13)30-32-17(34)28-11-19(23,24)25/h1-9H,10-11H2,(H2,27,31,33)(H2,28,32,34)/b29-14+,30-15+. The van der Waals surface area contributed by atoms with Crippen molar-refractivity contribution in [3.63, 3.8) is 0 Å². The maximum Gasteiger partial charge on any atom is 0.405 e. The van der Waals surface area contributed by atoms with Gasteiger partial charge in [0.05, 0.1) is 0 Å². The van der Waals surface area contributed by atoms with Crippen LogP contribution in [0.2, 0.25) is 0 Å². The minimum absolute atomic E-state index is 0.0142. The average molecular weight is 522 g/mol. The number of amidine groups is 2. The molecule has 34 heavy (non-hydrogen) atoms. The minimum atomic E-state index is -4.50. The molecule has 0 radical (unpaired) electrons. The minimum Gasteiger partial charge on any atom is -0.354 e. The lowest BCUT2D eigenvalue weighted by molar-refractivity contribution is -0.122. The van der Waals surface area contributed by atoms with Crippen LogP contribution in [0.4, 0.5) is 26.3 Å². The van der Waals surface area contributed by atoms with Crippen molar-refractivity contribution in [2.24, 2.45) is 20.4 Å². The first kappa shape index (κ1) is 27.2. The van der Waals surface area contributed by atoms with Crippen LogP contribution in [0.15, 0.2) is 75.3 Å². The average Bonchev–Trinajstić information content (AvgIpc) is 2.78. The van der Waals surface area contributed by atoms with Crippen LogP contribution in [-0.4, -0.2) is 52.2 Å². The Kier molecular flexibility index (Phi) is 9.92. The van der Waals surface area contributed by atoms with Crippen molar-refractivity contribution < 1.29 is 26.3 Å². The van der Waals surface area contributed by atoms with Crippen LogP contribution < -0.4 is 10.6 Å². The fourth-order valence-corrected chi connectivity index (χ4v) is 2.45. The summed E-state index contributed by atoms with van der Waals surface area (Å²) < 4.78 is 74.6. The lowest BCUT2D eigenvalue weighted by Gasteiger charge is -2.10. The Morgan fingerprint density at radius 1 is 0.706 bits per heavy atom. The molecule has 2 N–H and O–H groups in total. The van der Waals surface area contributed by atoms with E-state index in [1.807, 2.05) is 10.6 Å². The third-order valence-corrected chi connectivity index (χ3v) is 4.08. The normalized spacial score (nSPS) is 14.2. The van der Waals surface area contributed by atoms with Crippen molar-refractivity contribution >= 4 is 47.0 Å². The molecule has 1 aromatic heterocycles. The Bertz CT molecular complexity index is 967. The highest BCUT2D eigenvalue weighted by Crippen LogP contribution is 2.14. The molecule has 0 spiro atoms. The first-order chi connectivity index (χ1) is 15.9. The Morgan fingerprint density at radius 2 is 1.18 bits per heavy atom. The van der Waals surface area contributed by atoms with Gasteiger partial charge in [0.15, 0.2) is 10.3 Å². The first-order valence-corrected chi connectivity index (χ1v) is 10.1. The molecular formula is C19H17F6N7S2. The van der Waals surface area contributed by atoms with Gasteiger partial charge < -0.3 is 10.6 Å². The van der Waals surface area contributed by atoms with E-state index in [0.717, 1.165) is 0 Å². The summed E-state index contributed by atoms with van der Waals surface area (Å²) in [6, 6.07) is 11.4. The second-order valence-electron chi connectivity index (χ2n) is 6.29. The van der Waals surface area contributed by atoms with Crippen molar-refractivity contribution in [1.29, 1.82) is 0 Å². The molecule has 2 rings (SSSR count). The largest absolute Gasteiger partial charge is 0.405 e. The summed E-state index contributed by atoms with van der Waals surface area (Å²) in [7, 11) is 0. The number of aromatic nitrogens is 1. The number of hydrogen-bond donors (Lipinski definition) is 4. The van der Waals surface area contributed by atoms with Gasteiger partial charge in [-0.3, -0.25) is 4.98 Å². The van der Waals surface area contributed by atoms with Gasteiger partial charge in [-0.1, -0.05) is 30.3 Å². The highest BCUT2D eigenvalue weighted by molar-refractivity contribution is 7.97. The summed E-state index contributed by atoms with van der Waals surface area (Å²) in [5.74, 6) is 0. The summed E-state index contributed by atoms with van der Waals surface area (Å²) in [6.07, 6.45) is -6.14. The summed E-state index contributed by atoms with van der Waals surface area (Å²) in [5.41, 5.74) is 0.838. The topological polar surface area (TPSA) is 86.4 Å². The lowest BCUT2D eigenvalue weighted by atomic mass is 10.0. The molecule has 0 aliphatic rings. The molecule has 7 nitrogen and oxygen atoms in total. The van der Waals surface area contributed by atoms with Crippen LogP contribution in [0.5, 0.6) is 0 Å². The Labute approximate surface area is 201 Å². The maximum atomic E-state index is 12.4. The van der Waals surface area contributed by atoms with E-state index in [4.69, 9.17) is 0 Å². The number of thiol groups is 2. The number of hydrogen-bond acceptors (Lipinski definition) is 5. The molecule has 2 aromatic rings. The third kappa shape index (κ3) is 10.2. The number of nitrogens with zero attached hydrogens (tertiary/aromatic N) is 5. The molecule has 0 aliphatic heterocycles. The quantitative estimate of drug-likeness (QED) is 0.146. The number of halogens is 6. The third-order valence-electron chi connectivity index (χ3n) is 3.59. The van der Waals surface area contributed by atoms with Gasteiger partial charge in [0.25, 0.3) is 0 Å². The predicted molar refractivity (Wildman–Crippen MR) is 125 cm³/mol. The molecule has 0 atom stereocenters. The van der Waals surface area contributed by atoms with Gasteiger partial charge in [0.2, 0.25) is 0 Å². The smallest absolute Gasteiger partial charge is 0.354 e. The van der Waals surface area contributed by atoms with Crippen LogP contribution in [0, 0.1) is 0 Å². The van der Waals surface area contributed by atoms with Gasteiger partial charge in [-0.15, -0.1) is 45.7 Å². The van der Waals surface area contributed by atoms with E-state index in [1.54, 1.807) is 42.5 Å². The van der Waals surface area contributed by atoms with E-state index in [9.17, 15) is 26.3 Å². The molecule has 0 saturated heterocycles. The second kappa shape index (κ2) is 12.4. The highest BCUT2D eigenvalue weighted by Gasteiger charge is 2.27. The molecule has 1 heterocycles. The SMILES string of the molecule is FC(F)(F)CN/C(S)=N/N=C(/C(=N/N=C(\S)NCC(F)(F)F)c1cccnc1)c1ccccc1. The molecular weight excluding hydrogens is 504 g/mol. The zero-order chi connectivity index (χ0) is 25.2. The molecule has 1 aromatic carbocycles. The fourth-order valence-electron chi connectivity index (χ4n) is 2.21. The van der Waals surface area contributed by atoms with E-state index in [0.29, 0.717) is 11.1 Å². The molecule has 182 valence electrons. The van der Waals surface area contributed by atoms with Gasteiger partial charge in [-0.2, -0.15) is 26.3 Å². The van der Waals surface area contributed by atoms with Crippen LogP contribution in [0.3, 0.4) is 0 Å². The second-order valence-corrected chi connectivity index (χ2v) is 7.14. The van der Waals surface area contributed by atoms with E-state index in [1.165, 1.54) is 12.4 Å². The monoisotopic (exact) mass is 521 g/mol. The number of rotatable bonds is 7. The first-order valence-electron chi connectivity index (χ1n) is 9.21. The summed E-state index contributed by atoms with van der Waals surface area (Å²) >= 11 is 7.69. The van der Waals surface area contributed by atoms with Crippen molar-refractivity contribution in [3.05, 3.63) is 66.0 Å². The Hall–Kier alpha value is -3.07. The number of nitrogens with one attached hydrogen (secondary N) is 2. The van der Waals surface area contributed by atoms with Gasteiger partial charge in [0.1, 0.15) is 24.5 Å². The summed E-state index contributed by atoms with van der Waals surface area (Å²) in [5, 5.41) is 18.3. The number of benzene rings is 1. The van der Waals surface area contributed by atoms with Crippen molar-refractivity contribution in [1.82, 2.24) is 15.6 Å². The lowest BCUT2D eigenvalue weighted by Crippen LogP contribution is -2.31. The van der Waals surface area contributed by atoms with Gasteiger partial charge in [-0.05, 0) is 12.1 Å². The van der Waals surface area contributed by atoms with Crippen molar-refractivity contribution in [2.45, 2.75) is 12.4 Å². The zero-order valence-electron chi connectivity index (χ0n) is 17.0. The van der Waals surface area contributed by atoms with Crippen LogP contribution in [-0.2, 0) is 0 Å². The van der Waals surface area contributed by atoms with Crippen LogP contribution >= 0.6 is 25.3 Å². The maximum absolute atomic E-state index is 12.4. The Morgan fingerprint density at radius 3 is 1.62 bits per heavy atom. The van der Waals surface area contributed by atoms with E-state index >= 15 is 0 Å². The predicted octanol–water partition coefficient (Wildman–Crippen LogP) is 4.07. The molecule has 15 heteroatoms. The van der Waals surface area contributed by atoms with E-state index in [-0.39, 0.29) is 11.4 Å². The number of pyridine rings is 1. The molecule has 0 fully saturated rings. The summed E-state index contributed by atoms with van der Waals surface area (Å²) in [4.78, 5) is 3.97.